The lowest BCUT2D eigenvalue weighted by atomic mass is 9.83. The van der Waals surface area contributed by atoms with Gasteiger partial charge in [0.15, 0.2) is 0 Å². The number of piperazine rings is 3. The van der Waals surface area contributed by atoms with Gasteiger partial charge in [-0.2, -0.15) is 0 Å². The second kappa shape index (κ2) is 21.6. The molecule has 0 saturated carbocycles. The molecule has 6 saturated heterocycles. The van der Waals surface area contributed by atoms with Crippen LogP contribution in [0.25, 0.3) is 0 Å². The fourth-order valence-electron chi connectivity index (χ4n) is 15.9. The summed E-state index contributed by atoms with van der Waals surface area (Å²) in [6.45, 7) is 65.8. The largest absolute Gasteiger partial charge is 0.303 e. The zero-order chi connectivity index (χ0) is 49.7. The van der Waals surface area contributed by atoms with Gasteiger partial charge in [-0.1, -0.05) is 20.8 Å². The van der Waals surface area contributed by atoms with Crippen LogP contribution in [0.1, 0.15) is 203 Å². The number of hydrogen-bond donors (Lipinski definition) is 0. The van der Waals surface area contributed by atoms with E-state index >= 15 is 0 Å². The molecule has 0 aromatic heterocycles. The maximum absolute atomic E-state index is 2.99. The minimum atomic E-state index is 0.168. The van der Waals surface area contributed by atoms with Gasteiger partial charge in [0.05, 0.1) is 0 Å². The fourth-order valence-corrected chi connectivity index (χ4v) is 15.9. The fraction of sp³-hybridized carbons (Fsp3) is 1.00. The lowest BCUT2D eigenvalue weighted by Gasteiger charge is -2.57. The second-order valence-electron chi connectivity index (χ2n) is 29.5. The highest BCUT2D eigenvalue weighted by molar-refractivity contribution is 5.03. The Morgan fingerprint density at radius 1 is 0.358 bits per heavy atom. The van der Waals surface area contributed by atoms with Crippen LogP contribution in [0.2, 0.25) is 0 Å². The minimum Gasteiger partial charge on any atom is -0.303 e. The maximum Gasteiger partial charge on any atom is 0.0232 e. The second-order valence-corrected chi connectivity index (χ2v) is 29.5. The molecule has 6 heterocycles. The number of nitrogens with zero attached hydrogens (tertiary/aromatic N) is 9. The Balaban J connectivity index is 1.02. The third kappa shape index (κ3) is 14.2. The van der Waals surface area contributed by atoms with Crippen LogP contribution in [0.5, 0.6) is 0 Å². The van der Waals surface area contributed by atoms with Crippen molar-refractivity contribution in [1.29, 1.82) is 0 Å². The molecule has 0 aromatic rings. The van der Waals surface area contributed by atoms with E-state index in [9.17, 15) is 0 Å². The van der Waals surface area contributed by atoms with Crippen molar-refractivity contribution in [3.63, 3.8) is 0 Å². The quantitative estimate of drug-likeness (QED) is 0.190. The first-order chi connectivity index (χ1) is 30.8. The number of likely N-dealkylation sites (tertiary alicyclic amines) is 3. The standard InChI is InChI=1S/C58H115N9/c1-44-37-60(48-23-31-59(32-24-48)43-53(5,6)7)38-45(2)65(44)58(19,20)30-29-57(17,18)64-35-27-50(28-36-64)62-40-47(4)67(56(14,15)16)52(42-62)22-21-51-41-61(39-46(3)66(51)55(11,12)13)49-25-33-63(34-26-49)54(8,9)10/h44-52H,21-43H2,1-20H3/t44?,45?,46?,47-,51?,52+/m0/s1. The van der Waals surface area contributed by atoms with Crippen LogP contribution in [-0.2, 0) is 0 Å². The van der Waals surface area contributed by atoms with Gasteiger partial charge in [-0.3, -0.25) is 39.2 Å². The molecule has 6 aliphatic rings. The van der Waals surface area contributed by atoms with Crippen LogP contribution in [0.15, 0.2) is 0 Å². The first-order valence-electron chi connectivity index (χ1n) is 28.6. The van der Waals surface area contributed by atoms with Crippen molar-refractivity contribution in [1.82, 2.24) is 44.1 Å². The number of piperidine rings is 3. The maximum atomic E-state index is 2.99. The van der Waals surface area contributed by atoms with Crippen LogP contribution in [-0.4, -0.2) is 211 Å². The summed E-state index contributed by atoms with van der Waals surface area (Å²) in [7, 11) is 0. The van der Waals surface area contributed by atoms with Crippen molar-refractivity contribution >= 4 is 0 Å². The lowest BCUT2D eigenvalue weighted by molar-refractivity contribution is -0.0755. The molecule has 0 aliphatic carbocycles. The van der Waals surface area contributed by atoms with Gasteiger partial charge >= 0.3 is 0 Å². The molecule has 9 nitrogen and oxygen atoms in total. The van der Waals surface area contributed by atoms with Crippen molar-refractivity contribution in [2.45, 2.75) is 285 Å². The van der Waals surface area contributed by atoms with E-state index in [0.717, 1.165) is 12.1 Å². The molecule has 6 rings (SSSR count). The third-order valence-corrected chi connectivity index (χ3v) is 18.5. The lowest BCUT2D eigenvalue weighted by Crippen LogP contribution is -2.67. The molecule has 4 unspecified atom stereocenters. The van der Waals surface area contributed by atoms with Gasteiger partial charge in [0.2, 0.25) is 0 Å². The summed E-state index contributed by atoms with van der Waals surface area (Å²) in [5, 5.41) is 0. The highest BCUT2D eigenvalue weighted by Crippen LogP contribution is 2.38. The predicted molar refractivity (Wildman–Crippen MR) is 290 cm³/mol. The van der Waals surface area contributed by atoms with Crippen molar-refractivity contribution in [3.8, 4) is 0 Å². The zero-order valence-corrected chi connectivity index (χ0v) is 48.5. The Morgan fingerprint density at radius 2 is 0.687 bits per heavy atom. The van der Waals surface area contributed by atoms with Gasteiger partial charge in [-0.25, -0.2) is 0 Å². The van der Waals surface area contributed by atoms with Crippen LogP contribution >= 0.6 is 0 Å². The number of rotatable bonds is 12. The van der Waals surface area contributed by atoms with Crippen LogP contribution in [0.4, 0.5) is 0 Å². The molecular formula is C58H115N9. The summed E-state index contributed by atoms with van der Waals surface area (Å²) < 4.78 is 0. The van der Waals surface area contributed by atoms with Gasteiger partial charge in [-0.15, -0.1) is 0 Å². The average molecular weight is 939 g/mol. The predicted octanol–water partition coefficient (Wildman–Crippen LogP) is 10.1. The van der Waals surface area contributed by atoms with Gasteiger partial charge in [0.1, 0.15) is 0 Å². The Hall–Kier alpha value is -0.360. The summed E-state index contributed by atoms with van der Waals surface area (Å²) in [6.07, 6.45) is 13.1. The van der Waals surface area contributed by atoms with Crippen LogP contribution in [0, 0.1) is 5.41 Å². The first-order valence-corrected chi connectivity index (χ1v) is 28.6. The number of hydrogen-bond acceptors (Lipinski definition) is 9. The van der Waals surface area contributed by atoms with E-state index in [0.29, 0.717) is 47.7 Å². The van der Waals surface area contributed by atoms with E-state index in [1.54, 1.807) is 0 Å². The van der Waals surface area contributed by atoms with E-state index in [2.05, 4.69) is 183 Å². The van der Waals surface area contributed by atoms with Crippen molar-refractivity contribution < 1.29 is 0 Å². The molecule has 9 heteroatoms. The molecule has 0 spiro atoms. The van der Waals surface area contributed by atoms with E-state index in [-0.39, 0.29) is 27.7 Å². The summed E-state index contributed by atoms with van der Waals surface area (Å²) in [6, 6.07) is 5.74. The Bertz CT molecular complexity index is 1500. The molecular weight excluding hydrogens is 823 g/mol. The summed E-state index contributed by atoms with van der Waals surface area (Å²) >= 11 is 0. The highest BCUT2D eigenvalue weighted by atomic mass is 15.4. The molecule has 67 heavy (non-hydrogen) atoms. The molecule has 6 fully saturated rings. The third-order valence-electron chi connectivity index (χ3n) is 18.5. The minimum absolute atomic E-state index is 0.168. The van der Waals surface area contributed by atoms with E-state index in [1.807, 2.05) is 0 Å². The first kappa shape index (κ1) is 55.9. The van der Waals surface area contributed by atoms with Gasteiger partial charge in [0.25, 0.3) is 0 Å². The Labute approximate surface area is 417 Å². The smallest absolute Gasteiger partial charge is 0.0232 e. The molecule has 0 bridgehead atoms. The monoisotopic (exact) mass is 938 g/mol. The SMILES string of the molecule is CC1CN(C2CCN(C(C)(C)C)CC2)CC(CC[C@@H]2CN(C3CCN(C(C)(C)CCC(C)(C)N4C(C)CN(C5CCN(CC(C)(C)C)CC5)CC4C)CC3)C[C@H](C)N2C(C)(C)C)N1C(C)(C)C. The van der Waals surface area contributed by atoms with E-state index in [4.69, 9.17) is 0 Å². The van der Waals surface area contributed by atoms with Crippen LogP contribution < -0.4 is 0 Å². The molecule has 0 aromatic carbocycles. The normalized spacial score (nSPS) is 31.9. The van der Waals surface area contributed by atoms with Gasteiger partial charge < -0.3 is 4.90 Å². The topological polar surface area (TPSA) is 29.2 Å². The molecule has 0 amide bonds. The zero-order valence-electron chi connectivity index (χ0n) is 48.5. The average Bonchev–Trinajstić information content (AvgIpc) is 3.20. The molecule has 0 radical (unpaired) electrons. The van der Waals surface area contributed by atoms with E-state index < -0.39 is 0 Å². The Kier molecular flexibility index (Phi) is 18.0. The molecule has 0 N–H and O–H groups in total. The molecule has 6 aliphatic heterocycles. The van der Waals surface area contributed by atoms with Crippen molar-refractivity contribution in [3.05, 3.63) is 0 Å². The summed E-state index contributed by atoms with van der Waals surface area (Å²) in [5.74, 6) is 0. The van der Waals surface area contributed by atoms with Gasteiger partial charge in [-0.05, 0) is 200 Å². The summed E-state index contributed by atoms with van der Waals surface area (Å²) in [5.41, 5.74) is 1.41. The van der Waals surface area contributed by atoms with Gasteiger partial charge in [0, 0.05) is 154 Å². The summed E-state index contributed by atoms with van der Waals surface area (Å²) in [4.78, 5) is 26.0. The highest BCUT2D eigenvalue weighted by Gasteiger charge is 2.46. The van der Waals surface area contributed by atoms with Crippen molar-refractivity contribution in [2.75, 3.05) is 85.1 Å². The Morgan fingerprint density at radius 3 is 1.04 bits per heavy atom. The molecule has 6 atom stereocenters. The molecule has 392 valence electrons. The van der Waals surface area contributed by atoms with E-state index in [1.165, 1.54) is 149 Å². The van der Waals surface area contributed by atoms with Crippen LogP contribution in [0.3, 0.4) is 0 Å². The van der Waals surface area contributed by atoms with Crippen molar-refractivity contribution in [2.24, 2.45) is 5.41 Å².